The average molecular weight is 260 g/mol. The number of hydrogen-bond acceptors (Lipinski definition) is 4. The van der Waals surface area contributed by atoms with Gasteiger partial charge in [-0.1, -0.05) is 12.1 Å². The van der Waals surface area contributed by atoms with Crippen molar-refractivity contribution in [2.75, 3.05) is 23.3 Å². The molecule has 0 amide bonds. The van der Waals surface area contributed by atoms with E-state index in [0.717, 1.165) is 30.2 Å². The highest BCUT2D eigenvalue weighted by molar-refractivity contribution is 5.81. The molecule has 0 aromatic heterocycles. The molecule has 0 atom stereocenters. The molecule has 4 heteroatoms. The second-order valence-corrected chi connectivity index (χ2v) is 4.55. The quantitative estimate of drug-likeness (QED) is 0.856. The fraction of sp³-hybridized carbons (Fsp3) is 0.125. The summed E-state index contributed by atoms with van der Waals surface area (Å²) < 4.78 is 0. The van der Waals surface area contributed by atoms with E-state index < -0.39 is 0 Å². The van der Waals surface area contributed by atoms with Crippen molar-refractivity contribution >= 4 is 17.1 Å². The summed E-state index contributed by atoms with van der Waals surface area (Å²) in [7, 11) is 0. The zero-order valence-electron chi connectivity index (χ0n) is 10.8. The molecule has 2 aromatic carbocycles. The normalized spacial score (nSPS) is 12.8. The molecule has 1 heterocycles. The molecular formula is C16H12N4. The van der Waals surface area contributed by atoms with Crippen LogP contribution in [0, 0.1) is 22.7 Å². The summed E-state index contributed by atoms with van der Waals surface area (Å²) in [4.78, 5) is 2.12. The van der Waals surface area contributed by atoms with Crippen LogP contribution in [0.15, 0.2) is 42.5 Å². The number of hydrogen-bond donors (Lipinski definition) is 1. The van der Waals surface area contributed by atoms with Crippen LogP contribution in [0.5, 0.6) is 0 Å². The molecule has 0 fully saturated rings. The van der Waals surface area contributed by atoms with E-state index in [1.807, 2.05) is 36.4 Å². The van der Waals surface area contributed by atoms with Crippen LogP contribution in [0.4, 0.5) is 17.1 Å². The molecular weight excluding hydrogens is 248 g/mol. The zero-order chi connectivity index (χ0) is 13.9. The van der Waals surface area contributed by atoms with Crippen molar-refractivity contribution in [3.05, 3.63) is 53.6 Å². The second kappa shape index (κ2) is 4.95. The van der Waals surface area contributed by atoms with Gasteiger partial charge in [0.05, 0.1) is 34.3 Å². The molecule has 0 aliphatic carbocycles. The largest absolute Gasteiger partial charge is 0.382 e. The molecule has 0 unspecified atom stereocenters. The summed E-state index contributed by atoms with van der Waals surface area (Å²) in [6.45, 7) is 1.57. The molecule has 0 saturated heterocycles. The summed E-state index contributed by atoms with van der Waals surface area (Å²) in [5, 5.41) is 21.5. The van der Waals surface area contributed by atoms with E-state index in [9.17, 15) is 5.26 Å². The molecule has 96 valence electrons. The number of benzene rings is 2. The van der Waals surface area contributed by atoms with E-state index in [-0.39, 0.29) is 0 Å². The van der Waals surface area contributed by atoms with Crippen LogP contribution in [0.3, 0.4) is 0 Å². The standard InChI is InChI=1S/C16H12N4/c17-10-12-5-6-16-14(9-12)19-7-8-20(16)15-4-2-1-3-13(15)11-18/h1-6,9,19H,7-8H2. The van der Waals surface area contributed by atoms with Gasteiger partial charge in [-0.05, 0) is 30.3 Å². The Labute approximate surface area is 117 Å². The fourth-order valence-electron chi connectivity index (χ4n) is 2.46. The van der Waals surface area contributed by atoms with Crippen molar-refractivity contribution in [3.63, 3.8) is 0 Å². The number of para-hydroxylation sites is 1. The Balaban J connectivity index is 2.11. The minimum Gasteiger partial charge on any atom is -0.382 e. The Morgan fingerprint density at radius 3 is 2.65 bits per heavy atom. The molecule has 0 spiro atoms. The highest BCUT2D eigenvalue weighted by Gasteiger charge is 2.20. The van der Waals surface area contributed by atoms with Crippen LogP contribution in [0.1, 0.15) is 11.1 Å². The molecule has 0 bridgehead atoms. The van der Waals surface area contributed by atoms with Gasteiger partial charge in [-0.15, -0.1) is 0 Å². The lowest BCUT2D eigenvalue weighted by molar-refractivity contribution is 0.925. The summed E-state index contributed by atoms with van der Waals surface area (Å²) in [5.41, 5.74) is 4.12. The first kappa shape index (κ1) is 12.1. The molecule has 20 heavy (non-hydrogen) atoms. The smallest absolute Gasteiger partial charge is 0.101 e. The van der Waals surface area contributed by atoms with Gasteiger partial charge < -0.3 is 10.2 Å². The fourth-order valence-corrected chi connectivity index (χ4v) is 2.46. The van der Waals surface area contributed by atoms with Gasteiger partial charge in [0, 0.05) is 13.1 Å². The van der Waals surface area contributed by atoms with E-state index in [1.54, 1.807) is 6.07 Å². The number of rotatable bonds is 1. The summed E-state index contributed by atoms with van der Waals surface area (Å²) >= 11 is 0. The van der Waals surface area contributed by atoms with Gasteiger partial charge >= 0.3 is 0 Å². The minimum atomic E-state index is 0.631. The third kappa shape index (κ3) is 1.94. The monoisotopic (exact) mass is 260 g/mol. The molecule has 2 aromatic rings. The van der Waals surface area contributed by atoms with Crippen LogP contribution in [-0.2, 0) is 0 Å². The van der Waals surface area contributed by atoms with Gasteiger partial charge in [0.15, 0.2) is 0 Å². The van der Waals surface area contributed by atoms with Crippen molar-refractivity contribution in [2.45, 2.75) is 0 Å². The number of nitriles is 2. The summed E-state index contributed by atoms with van der Waals surface area (Å²) in [6, 6.07) is 17.5. The van der Waals surface area contributed by atoms with E-state index >= 15 is 0 Å². The lowest BCUT2D eigenvalue weighted by Crippen LogP contribution is -2.30. The van der Waals surface area contributed by atoms with E-state index in [0.29, 0.717) is 11.1 Å². The van der Waals surface area contributed by atoms with Gasteiger partial charge in [0.25, 0.3) is 0 Å². The summed E-state index contributed by atoms with van der Waals surface area (Å²) in [6.07, 6.45) is 0. The van der Waals surface area contributed by atoms with Crippen LogP contribution >= 0.6 is 0 Å². The number of fused-ring (bicyclic) bond motifs is 1. The number of anilines is 3. The maximum absolute atomic E-state index is 9.24. The Bertz CT molecular complexity index is 737. The van der Waals surface area contributed by atoms with Gasteiger partial charge in [-0.2, -0.15) is 10.5 Å². The van der Waals surface area contributed by atoms with Gasteiger partial charge in [0.1, 0.15) is 6.07 Å². The molecule has 1 aliphatic heterocycles. The second-order valence-electron chi connectivity index (χ2n) is 4.55. The maximum atomic E-state index is 9.24. The number of nitrogens with one attached hydrogen (secondary N) is 1. The van der Waals surface area contributed by atoms with E-state index in [2.05, 4.69) is 22.4 Å². The number of nitrogens with zero attached hydrogens (tertiary/aromatic N) is 3. The van der Waals surface area contributed by atoms with Crippen molar-refractivity contribution in [1.29, 1.82) is 10.5 Å². The van der Waals surface area contributed by atoms with Crippen LogP contribution in [0.2, 0.25) is 0 Å². The molecule has 1 aliphatic rings. The first-order chi connectivity index (χ1) is 9.83. The highest BCUT2D eigenvalue weighted by Crippen LogP contribution is 2.36. The first-order valence-corrected chi connectivity index (χ1v) is 6.38. The van der Waals surface area contributed by atoms with Crippen LogP contribution in [-0.4, -0.2) is 13.1 Å². The molecule has 3 rings (SSSR count). The maximum Gasteiger partial charge on any atom is 0.101 e. The zero-order valence-corrected chi connectivity index (χ0v) is 10.8. The third-order valence-corrected chi connectivity index (χ3v) is 3.38. The first-order valence-electron chi connectivity index (χ1n) is 6.38. The van der Waals surface area contributed by atoms with Crippen molar-refractivity contribution < 1.29 is 0 Å². The van der Waals surface area contributed by atoms with Crippen molar-refractivity contribution in [2.24, 2.45) is 0 Å². The lowest BCUT2D eigenvalue weighted by Gasteiger charge is -2.32. The highest BCUT2D eigenvalue weighted by atomic mass is 15.2. The molecule has 4 nitrogen and oxygen atoms in total. The average Bonchev–Trinajstić information content (AvgIpc) is 2.53. The minimum absolute atomic E-state index is 0.631. The summed E-state index contributed by atoms with van der Waals surface area (Å²) in [5.74, 6) is 0. The third-order valence-electron chi connectivity index (χ3n) is 3.38. The van der Waals surface area contributed by atoms with Gasteiger partial charge in [0.2, 0.25) is 0 Å². The molecule has 0 radical (unpaired) electrons. The SMILES string of the molecule is N#Cc1ccc2c(c1)NCCN2c1ccccc1C#N. The predicted octanol–water partition coefficient (Wildman–Crippen LogP) is 2.99. The topological polar surface area (TPSA) is 62.9 Å². The van der Waals surface area contributed by atoms with Crippen molar-refractivity contribution in [1.82, 2.24) is 0 Å². The Morgan fingerprint density at radius 2 is 1.85 bits per heavy atom. The Hall–Kier alpha value is -2.98. The van der Waals surface area contributed by atoms with E-state index in [1.165, 1.54) is 0 Å². The lowest BCUT2D eigenvalue weighted by atomic mass is 10.1. The van der Waals surface area contributed by atoms with E-state index in [4.69, 9.17) is 5.26 Å². The molecule has 1 N–H and O–H groups in total. The Kier molecular flexibility index (Phi) is 2.99. The molecule has 0 saturated carbocycles. The van der Waals surface area contributed by atoms with Gasteiger partial charge in [-0.25, -0.2) is 0 Å². The predicted molar refractivity (Wildman–Crippen MR) is 77.8 cm³/mol. The van der Waals surface area contributed by atoms with Crippen LogP contribution in [0.25, 0.3) is 0 Å². The van der Waals surface area contributed by atoms with Crippen molar-refractivity contribution in [3.8, 4) is 12.1 Å². The van der Waals surface area contributed by atoms with Crippen LogP contribution < -0.4 is 10.2 Å². The van der Waals surface area contributed by atoms with Gasteiger partial charge in [-0.3, -0.25) is 0 Å². The Morgan fingerprint density at radius 1 is 1.00 bits per heavy atom.